The summed E-state index contributed by atoms with van der Waals surface area (Å²) in [6.07, 6.45) is 0.294. The van der Waals surface area contributed by atoms with E-state index in [0.717, 1.165) is 12.1 Å². The zero-order valence-corrected chi connectivity index (χ0v) is 8.45. The Bertz CT molecular complexity index is 584. The van der Waals surface area contributed by atoms with Crippen LogP contribution < -0.4 is 0 Å². The molecule has 0 atom stereocenters. The Morgan fingerprint density at radius 1 is 1.00 bits per heavy atom. The smallest absolute Gasteiger partial charge is 0.213 e. The molecule has 2 nitrogen and oxygen atoms in total. The third-order valence-electron chi connectivity index (χ3n) is 2.24. The summed E-state index contributed by atoms with van der Waals surface area (Å²) in [5.41, 5.74) is -0.340. The van der Waals surface area contributed by atoms with Crippen molar-refractivity contribution in [2.24, 2.45) is 0 Å². The molecule has 2 rings (SSSR count). The van der Waals surface area contributed by atoms with E-state index in [0.29, 0.717) is 6.29 Å². The van der Waals surface area contributed by atoms with E-state index in [9.17, 15) is 18.0 Å². The quantitative estimate of drug-likeness (QED) is 0.593. The van der Waals surface area contributed by atoms with Gasteiger partial charge in [-0.15, -0.1) is 0 Å². The number of aromatic nitrogens is 1. The Morgan fingerprint density at radius 3 is 2.47 bits per heavy atom. The molecule has 0 N–H and O–H groups in total. The molecule has 0 fully saturated rings. The van der Waals surface area contributed by atoms with Crippen LogP contribution in [0.25, 0.3) is 11.1 Å². The lowest BCUT2D eigenvalue weighted by Crippen LogP contribution is -1.97. The molecule has 1 aromatic carbocycles. The molecule has 86 valence electrons. The Hall–Kier alpha value is -2.17. The molecule has 1 heterocycles. The van der Waals surface area contributed by atoms with Gasteiger partial charge in [-0.1, -0.05) is 12.1 Å². The second kappa shape index (κ2) is 4.37. The predicted molar refractivity (Wildman–Crippen MR) is 54.9 cm³/mol. The zero-order valence-electron chi connectivity index (χ0n) is 8.45. The Labute approximate surface area is 94.7 Å². The summed E-state index contributed by atoms with van der Waals surface area (Å²) in [5, 5.41) is 0. The van der Waals surface area contributed by atoms with Crippen molar-refractivity contribution in [1.82, 2.24) is 4.98 Å². The van der Waals surface area contributed by atoms with E-state index in [1.165, 1.54) is 18.2 Å². The van der Waals surface area contributed by atoms with Crippen molar-refractivity contribution in [2.45, 2.75) is 0 Å². The van der Waals surface area contributed by atoms with Gasteiger partial charge in [0.25, 0.3) is 0 Å². The summed E-state index contributed by atoms with van der Waals surface area (Å²) >= 11 is 0. The highest BCUT2D eigenvalue weighted by molar-refractivity contribution is 5.85. The number of pyridine rings is 1. The summed E-state index contributed by atoms with van der Waals surface area (Å²) < 4.78 is 39.3. The zero-order chi connectivity index (χ0) is 12.4. The Morgan fingerprint density at radius 2 is 1.76 bits per heavy atom. The van der Waals surface area contributed by atoms with Gasteiger partial charge in [0, 0.05) is 11.1 Å². The number of nitrogens with zero attached hydrogens (tertiary/aromatic N) is 1. The monoisotopic (exact) mass is 237 g/mol. The van der Waals surface area contributed by atoms with Crippen molar-refractivity contribution in [2.75, 3.05) is 0 Å². The SMILES string of the molecule is O=Cc1nc(F)ccc1-c1cccc(F)c1F. The van der Waals surface area contributed by atoms with Crippen LogP contribution in [-0.4, -0.2) is 11.3 Å². The molecule has 5 heteroatoms. The minimum absolute atomic E-state index is 0.0541. The molecular weight excluding hydrogens is 231 g/mol. The highest BCUT2D eigenvalue weighted by atomic mass is 19.2. The third-order valence-corrected chi connectivity index (χ3v) is 2.24. The van der Waals surface area contributed by atoms with Crippen LogP contribution in [-0.2, 0) is 0 Å². The van der Waals surface area contributed by atoms with E-state index in [2.05, 4.69) is 4.98 Å². The van der Waals surface area contributed by atoms with Crippen LogP contribution >= 0.6 is 0 Å². The van der Waals surface area contributed by atoms with Gasteiger partial charge < -0.3 is 0 Å². The summed E-state index contributed by atoms with van der Waals surface area (Å²) in [5.74, 6) is -2.99. The normalized spacial score (nSPS) is 10.3. The number of aldehydes is 1. The number of hydrogen-bond donors (Lipinski definition) is 0. The fraction of sp³-hybridized carbons (Fsp3) is 0. The van der Waals surface area contributed by atoms with E-state index >= 15 is 0 Å². The number of carbonyl (C=O) groups is 1. The maximum Gasteiger partial charge on any atom is 0.213 e. The number of carbonyl (C=O) groups excluding carboxylic acids is 1. The molecule has 0 radical (unpaired) electrons. The molecule has 1 aromatic heterocycles. The number of benzene rings is 1. The van der Waals surface area contributed by atoms with Crippen molar-refractivity contribution in [1.29, 1.82) is 0 Å². The standard InChI is InChI=1S/C12H6F3NO/c13-9-3-1-2-8(12(9)15)7-4-5-11(14)16-10(7)6-17/h1-6H. The summed E-state index contributed by atoms with van der Waals surface area (Å²) in [4.78, 5) is 14.0. The first kappa shape index (κ1) is 11.3. The van der Waals surface area contributed by atoms with Crippen LogP contribution in [0.15, 0.2) is 30.3 Å². The summed E-state index contributed by atoms with van der Waals surface area (Å²) in [6, 6.07) is 5.71. The molecule has 0 bridgehead atoms. The van der Waals surface area contributed by atoms with Crippen molar-refractivity contribution >= 4 is 6.29 Å². The maximum atomic E-state index is 13.5. The first-order valence-electron chi connectivity index (χ1n) is 4.69. The van der Waals surface area contributed by atoms with Gasteiger partial charge in [-0.3, -0.25) is 4.79 Å². The average molecular weight is 237 g/mol. The fourth-order valence-electron chi connectivity index (χ4n) is 1.48. The second-order valence-corrected chi connectivity index (χ2v) is 3.29. The maximum absolute atomic E-state index is 13.5. The van der Waals surface area contributed by atoms with E-state index in [1.54, 1.807) is 0 Å². The predicted octanol–water partition coefficient (Wildman–Crippen LogP) is 2.98. The van der Waals surface area contributed by atoms with Gasteiger partial charge in [0.1, 0.15) is 5.69 Å². The first-order chi connectivity index (χ1) is 8.13. The largest absolute Gasteiger partial charge is 0.296 e. The van der Waals surface area contributed by atoms with Gasteiger partial charge >= 0.3 is 0 Å². The van der Waals surface area contributed by atoms with E-state index in [-0.39, 0.29) is 16.8 Å². The number of rotatable bonds is 2. The first-order valence-corrected chi connectivity index (χ1v) is 4.69. The molecule has 0 saturated carbocycles. The van der Waals surface area contributed by atoms with Gasteiger partial charge in [-0.05, 0) is 18.2 Å². The summed E-state index contributed by atoms with van der Waals surface area (Å²) in [7, 11) is 0. The molecule has 17 heavy (non-hydrogen) atoms. The number of halogens is 3. The van der Waals surface area contributed by atoms with Crippen LogP contribution in [0.5, 0.6) is 0 Å². The minimum Gasteiger partial charge on any atom is -0.296 e. The molecule has 0 saturated heterocycles. The molecule has 0 aliphatic rings. The highest BCUT2D eigenvalue weighted by Gasteiger charge is 2.14. The molecular formula is C12H6F3NO. The van der Waals surface area contributed by atoms with E-state index < -0.39 is 17.6 Å². The second-order valence-electron chi connectivity index (χ2n) is 3.29. The fourth-order valence-corrected chi connectivity index (χ4v) is 1.48. The van der Waals surface area contributed by atoms with Gasteiger partial charge in [-0.2, -0.15) is 4.39 Å². The molecule has 0 amide bonds. The molecule has 0 spiro atoms. The molecule has 2 aromatic rings. The van der Waals surface area contributed by atoms with Gasteiger partial charge in [-0.25, -0.2) is 13.8 Å². The lowest BCUT2D eigenvalue weighted by molar-refractivity contribution is 0.111. The Kier molecular flexibility index (Phi) is 2.91. The third kappa shape index (κ3) is 2.04. The Balaban J connectivity index is 2.68. The lowest BCUT2D eigenvalue weighted by Gasteiger charge is -2.06. The molecule has 0 aliphatic heterocycles. The topological polar surface area (TPSA) is 30.0 Å². The van der Waals surface area contributed by atoms with Crippen LogP contribution in [0.3, 0.4) is 0 Å². The van der Waals surface area contributed by atoms with Gasteiger partial charge in [0.05, 0.1) is 0 Å². The van der Waals surface area contributed by atoms with Crippen LogP contribution in [0, 0.1) is 17.6 Å². The minimum atomic E-state index is -1.09. The van der Waals surface area contributed by atoms with Crippen molar-refractivity contribution in [3.05, 3.63) is 53.6 Å². The summed E-state index contributed by atoms with van der Waals surface area (Å²) in [6.45, 7) is 0. The lowest BCUT2D eigenvalue weighted by atomic mass is 10.0. The van der Waals surface area contributed by atoms with Crippen LogP contribution in [0.2, 0.25) is 0 Å². The van der Waals surface area contributed by atoms with Crippen LogP contribution in [0.1, 0.15) is 10.5 Å². The van der Waals surface area contributed by atoms with E-state index in [1.807, 2.05) is 0 Å². The highest BCUT2D eigenvalue weighted by Crippen LogP contribution is 2.26. The van der Waals surface area contributed by atoms with Gasteiger partial charge in [0.2, 0.25) is 5.95 Å². The van der Waals surface area contributed by atoms with Crippen LogP contribution in [0.4, 0.5) is 13.2 Å². The van der Waals surface area contributed by atoms with Crippen molar-refractivity contribution < 1.29 is 18.0 Å². The number of hydrogen-bond acceptors (Lipinski definition) is 2. The average Bonchev–Trinajstić information content (AvgIpc) is 2.33. The van der Waals surface area contributed by atoms with E-state index in [4.69, 9.17) is 0 Å². The molecule has 0 unspecified atom stereocenters. The molecule has 0 aliphatic carbocycles. The van der Waals surface area contributed by atoms with Crippen molar-refractivity contribution in [3.63, 3.8) is 0 Å². The van der Waals surface area contributed by atoms with Crippen molar-refractivity contribution in [3.8, 4) is 11.1 Å². The van der Waals surface area contributed by atoms with Gasteiger partial charge in [0.15, 0.2) is 17.9 Å².